The Morgan fingerprint density at radius 3 is 2.43 bits per heavy atom. The van der Waals surface area contributed by atoms with Crippen molar-refractivity contribution in [2.24, 2.45) is 0 Å². The molecule has 0 saturated carbocycles. The van der Waals surface area contributed by atoms with Crippen LogP contribution in [0.15, 0.2) is 29.6 Å². The monoisotopic (exact) mass is 332 g/mol. The van der Waals surface area contributed by atoms with Crippen molar-refractivity contribution >= 4 is 22.9 Å². The van der Waals surface area contributed by atoms with E-state index in [1.807, 2.05) is 10.3 Å². The molecule has 1 aliphatic rings. The normalized spacial score (nSPS) is 15.1. The van der Waals surface area contributed by atoms with Crippen molar-refractivity contribution in [2.45, 2.75) is 20.3 Å². The van der Waals surface area contributed by atoms with E-state index in [4.69, 9.17) is 0 Å². The molecule has 2 aromatic rings. The molecule has 0 radical (unpaired) electrons. The van der Waals surface area contributed by atoms with Gasteiger partial charge in [0.25, 0.3) is 5.91 Å². The molecule has 23 heavy (non-hydrogen) atoms. The lowest BCUT2D eigenvalue weighted by atomic mass is 10.1. The molecule has 1 aromatic heterocycles. The number of rotatable bonds is 3. The maximum atomic E-state index is 13.0. The van der Waals surface area contributed by atoms with Crippen LogP contribution in [0.3, 0.4) is 0 Å². The lowest BCUT2D eigenvalue weighted by Crippen LogP contribution is -2.48. The van der Waals surface area contributed by atoms with Gasteiger partial charge in [-0.2, -0.15) is 0 Å². The molecule has 1 aromatic carbocycles. The highest BCUT2D eigenvalue weighted by Gasteiger charge is 2.24. The number of piperazine rings is 1. The summed E-state index contributed by atoms with van der Waals surface area (Å²) >= 11 is 1.65. The minimum atomic E-state index is -0.220. The van der Waals surface area contributed by atoms with Crippen LogP contribution >= 0.6 is 11.3 Å². The number of carbonyl (C=O) groups is 1. The molecule has 1 fully saturated rings. The maximum Gasteiger partial charge on any atom is 0.255 e. The summed E-state index contributed by atoms with van der Waals surface area (Å²) in [6.45, 7) is 7.14. The first kappa shape index (κ1) is 16.0. The first-order chi connectivity index (χ1) is 11.1. The predicted molar refractivity (Wildman–Crippen MR) is 93.0 cm³/mol. The van der Waals surface area contributed by atoms with Crippen molar-refractivity contribution in [1.82, 2.24) is 4.90 Å². The second-order valence-electron chi connectivity index (χ2n) is 5.79. The Kier molecular flexibility index (Phi) is 4.66. The molecule has 5 heteroatoms. The van der Waals surface area contributed by atoms with E-state index in [0.29, 0.717) is 13.1 Å². The fraction of sp³-hybridized carbons (Fsp3) is 0.389. The Balaban J connectivity index is 1.66. The number of thiophene rings is 1. The predicted octanol–water partition coefficient (Wildman–Crippen LogP) is 3.72. The number of nitrogens with zero attached hydrogens (tertiary/aromatic N) is 2. The SMILES string of the molecule is CCc1c(C(=O)N2CCN(c3ccc(F)cc3)CC2)csc1C. The van der Waals surface area contributed by atoms with E-state index in [2.05, 4.69) is 18.7 Å². The minimum absolute atomic E-state index is 0.143. The van der Waals surface area contributed by atoms with Gasteiger partial charge < -0.3 is 9.80 Å². The minimum Gasteiger partial charge on any atom is -0.368 e. The highest BCUT2D eigenvalue weighted by Crippen LogP contribution is 2.25. The highest BCUT2D eigenvalue weighted by molar-refractivity contribution is 7.10. The molecule has 0 spiro atoms. The number of hydrogen-bond donors (Lipinski definition) is 0. The Labute approximate surface area is 140 Å². The van der Waals surface area contributed by atoms with Gasteiger partial charge in [-0.3, -0.25) is 4.79 Å². The highest BCUT2D eigenvalue weighted by atomic mass is 32.1. The molecular formula is C18H21FN2OS. The summed E-state index contributed by atoms with van der Waals surface area (Å²) < 4.78 is 13.0. The third kappa shape index (κ3) is 3.24. The number of benzene rings is 1. The van der Waals surface area contributed by atoms with Crippen molar-refractivity contribution in [3.63, 3.8) is 0 Å². The summed E-state index contributed by atoms with van der Waals surface area (Å²) in [6, 6.07) is 6.55. The topological polar surface area (TPSA) is 23.6 Å². The molecule has 122 valence electrons. The van der Waals surface area contributed by atoms with Gasteiger partial charge in [0.15, 0.2) is 0 Å². The molecular weight excluding hydrogens is 311 g/mol. The number of aryl methyl sites for hydroxylation is 1. The van der Waals surface area contributed by atoms with E-state index in [0.717, 1.165) is 30.8 Å². The van der Waals surface area contributed by atoms with Gasteiger partial charge in [0.2, 0.25) is 0 Å². The standard InChI is InChI=1S/C18H21FN2OS/c1-3-16-13(2)23-12-17(16)18(22)21-10-8-20(9-11-21)15-6-4-14(19)5-7-15/h4-7,12H,3,8-11H2,1-2H3. The molecule has 3 nitrogen and oxygen atoms in total. The Hall–Kier alpha value is -1.88. The Bertz CT molecular complexity index is 688. The zero-order chi connectivity index (χ0) is 16.4. The van der Waals surface area contributed by atoms with Gasteiger partial charge >= 0.3 is 0 Å². The van der Waals surface area contributed by atoms with E-state index >= 15 is 0 Å². The van der Waals surface area contributed by atoms with Crippen molar-refractivity contribution < 1.29 is 9.18 Å². The van der Waals surface area contributed by atoms with Gasteiger partial charge in [-0.15, -0.1) is 11.3 Å². The van der Waals surface area contributed by atoms with Gasteiger partial charge in [-0.1, -0.05) is 6.92 Å². The van der Waals surface area contributed by atoms with Gasteiger partial charge in [0, 0.05) is 42.1 Å². The summed E-state index contributed by atoms with van der Waals surface area (Å²) in [5.41, 5.74) is 3.06. The molecule has 0 unspecified atom stereocenters. The smallest absolute Gasteiger partial charge is 0.255 e. The second-order valence-corrected chi connectivity index (χ2v) is 6.88. The van der Waals surface area contributed by atoms with E-state index in [9.17, 15) is 9.18 Å². The van der Waals surface area contributed by atoms with Crippen molar-refractivity contribution in [1.29, 1.82) is 0 Å². The number of amides is 1. The van der Waals surface area contributed by atoms with Crippen LogP contribution in [0.4, 0.5) is 10.1 Å². The first-order valence-corrected chi connectivity index (χ1v) is 8.85. The van der Waals surface area contributed by atoms with E-state index in [1.54, 1.807) is 23.5 Å². The van der Waals surface area contributed by atoms with E-state index < -0.39 is 0 Å². The lowest BCUT2D eigenvalue weighted by molar-refractivity contribution is 0.0746. The zero-order valence-electron chi connectivity index (χ0n) is 13.5. The number of halogens is 1. The van der Waals surface area contributed by atoms with Crippen molar-refractivity contribution in [3.8, 4) is 0 Å². The van der Waals surface area contributed by atoms with Crippen molar-refractivity contribution in [3.05, 3.63) is 51.5 Å². The van der Waals surface area contributed by atoms with Gasteiger partial charge in [-0.05, 0) is 43.2 Å². The van der Waals surface area contributed by atoms with Crippen LogP contribution < -0.4 is 4.90 Å². The molecule has 3 rings (SSSR count). The van der Waals surface area contributed by atoms with Crippen LogP contribution in [0.25, 0.3) is 0 Å². The average molecular weight is 332 g/mol. The van der Waals surface area contributed by atoms with E-state index in [-0.39, 0.29) is 11.7 Å². The average Bonchev–Trinajstić information content (AvgIpc) is 2.96. The molecule has 2 heterocycles. The largest absolute Gasteiger partial charge is 0.368 e. The summed E-state index contributed by atoms with van der Waals surface area (Å²) in [7, 11) is 0. The molecule has 1 amide bonds. The van der Waals surface area contributed by atoms with E-state index in [1.165, 1.54) is 22.6 Å². The molecule has 0 bridgehead atoms. The van der Waals surface area contributed by atoms with Crippen LogP contribution in [0, 0.1) is 12.7 Å². The summed E-state index contributed by atoms with van der Waals surface area (Å²) in [5, 5.41) is 1.99. The number of hydrogen-bond acceptors (Lipinski definition) is 3. The molecule has 0 atom stereocenters. The van der Waals surface area contributed by atoms with Crippen LogP contribution in [0.5, 0.6) is 0 Å². The van der Waals surface area contributed by atoms with Gasteiger partial charge in [-0.25, -0.2) is 4.39 Å². The van der Waals surface area contributed by atoms with Gasteiger partial charge in [0.05, 0.1) is 5.56 Å². The summed E-state index contributed by atoms with van der Waals surface area (Å²) in [6.07, 6.45) is 0.895. The Morgan fingerprint density at radius 2 is 1.83 bits per heavy atom. The van der Waals surface area contributed by atoms with Crippen molar-refractivity contribution in [2.75, 3.05) is 31.1 Å². The molecule has 1 saturated heterocycles. The number of carbonyl (C=O) groups excluding carboxylic acids is 1. The lowest BCUT2D eigenvalue weighted by Gasteiger charge is -2.36. The molecule has 1 aliphatic heterocycles. The fourth-order valence-corrected chi connectivity index (χ4v) is 4.02. The summed E-state index contributed by atoms with van der Waals surface area (Å²) in [5.74, 6) is -0.0764. The first-order valence-electron chi connectivity index (χ1n) is 7.97. The number of anilines is 1. The zero-order valence-corrected chi connectivity index (χ0v) is 14.3. The summed E-state index contributed by atoms with van der Waals surface area (Å²) in [4.78, 5) is 18.1. The van der Waals surface area contributed by atoms with Crippen LogP contribution in [-0.4, -0.2) is 37.0 Å². The Morgan fingerprint density at radius 1 is 1.17 bits per heavy atom. The third-order valence-corrected chi connectivity index (χ3v) is 5.40. The van der Waals surface area contributed by atoms with Crippen LogP contribution in [0.2, 0.25) is 0 Å². The maximum absolute atomic E-state index is 13.0. The van der Waals surface area contributed by atoms with Gasteiger partial charge in [0.1, 0.15) is 5.82 Å². The molecule has 0 aliphatic carbocycles. The quantitative estimate of drug-likeness (QED) is 0.855. The molecule has 0 N–H and O–H groups in total. The second kappa shape index (κ2) is 6.71. The fourth-order valence-electron chi connectivity index (χ4n) is 3.09. The van der Waals surface area contributed by atoms with Crippen LogP contribution in [0.1, 0.15) is 27.7 Å². The third-order valence-electron chi connectivity index (χ3n) is 4.45. The van der Waals surface area contributed by atoms with Crippen LogP contribution in [-0.2, 0) is 6.42 Å².